The second kappa shape index (κ2) is 6.97. The maximum absolute atomic E-state index is 12.9. The number of carbonyl (C=O) groups excluding carboxylic acids is 1. The second-order valence-corrected chi connectivity index (χ2v) is 6.46. The first-order valence-corrected chi connectivity index (χ1v) is 8.69. The average molecular weight is 335 g/mol. The van der Waals surface area contributed by atoms with Crippen molar-refractivity contribution in [3.8, 4) is 0 Å². The Morgan fingerprint density at radius 2 is 2.32 bits per heavy atom. The van der Waals surface area contributed by atoms with E-state index >= 15 is 0 Å². The number of hydrogen-bond acceptors (Lipinski definition) is 3. The standard InChI is InChI=1S/C20H21N3O2/c24-20(22-10-8-18(14-22)17-7-4-9-21-13-17)23-11-12-25-19(15-23)16-5-2-1-3-6-16/h1-2,4-5,7,9,11-13,15,18H,3,6,8,10,14H2. The van der Waals surface area contributed by atoms with Crippen LogP contribution in [0.5, 0.6) is 0 Å². The molecule has 1 aromatic rings. The summed E-state index contributed by atoms with van der Waals surface area (Å²) in [7, 11) is 0. The van der Waals surface area contributed by atoms with E-state index in [1.807, 2.05) is 29.3 Å². The maximum atomic E-state index is 12.9. The summed E-state index contributed by atoms with van der Waals surface area (Å²) in [4.78, 5) is 20.6. The SMILES string of the molecule is O=C(N1C=COC(C2=CC=CCC2)=C1)N1CCC(c2cccnc2)C1. The quantitative estimate of drug-likeness (QED) is 0.823. The van der Waals surface area contributed by atoms with Gasteiger partial charge < -0.3 is 9.64 Å². The minimum Gasteiger partial charge on any atom is -0.462 e. The molecule has 5 nitrogen and oxygen atoms in total. The molecule has 1 unspecified atom stereocenters. The summed E-state index contributed by atoms with van der Waals surface area (Å²) in [6, 6.07) is 4.03. The summed E-state index contributed by atoms with van der Waals surface area (Å²) in [5.41, 5.74) is 2.32. The number of amides is 2. The van der Waals surface area contributed by atoms with Gasteiger partial charge in [0.25, 0.3) is 0 Å². The van der Waals surface area contributed by atoms with E-state index in [0.29, 0.717) is 5.92 Å². The van der Waals surface area contributed by atoms with Gasteiger partial charge in [0.2, 0.25) is 0 Å². The smallest absolute Gasteiger partial charge is 0.328 e. The lowest BCUT2D eigenvalue weighted by atomic mass is 10.0. The van der Waals surface area contributed by atoms with Crippen molar-refractivity contribution >= 4 is 6.03 Å². The summed E-state index contributed by atoms with van der Waals surface area (Å²) < 4.78 is 5.61. The van der Waals surface area contributed by atoms with Crippen LogP contribution in [-0.4, -0.2) is 33.9 Å². The van der Waals surface area contributed by atoms with Crippen molar-refractivity contribution < 1.29 is 9.53 Å². The summed E-state index contributed by atoms with van der Waals surface area (Å²) in [5.74, 6) is 1.11. The fraction of sp³-hybridized carbons (Fsp3) is 0.300. The molecule has 0 aromatic carbocycles. The van der Waals surface area contributed by atoms with Gasteiger partial charge in [0, 0.05) is 37.6 Å². The number of likely N-dealkylation sites (tertiary alicyclic amines) is 1. The zero-order chi connectivity index (χ0) is 17.1. The predicted molar refractivity (Wildman–Crippen MR) is 95.2 cm³/mol. The first kappa shape index (κ1) is 15.7. The second-order valence-electron chi connectivity index (χ2n) is 6.46. The van der Waals surface area contributed by atoms with Gasteiger partial charge in [0.1, 0.15) is 12.0 Å². The van der Waals surface area contributed by atoms with E-state index in [1.165, 1.54) is 5.56 Å². The van der Waals surface area contributed by atoms with Crippen LogP contribution in [0.1, 0.15) is 30.7 Å². The molecule has 0 bridgehead atoms. The van der Waals surface area contributed by atoms with Crippen molar-refractivity contribution in [3.63, 3.8) is 0 Å². The highest BCUT2D eigenvalue weighted by Gasteiger charge is 2.30. The van der Waals surface area contributed by atoms with Crippen molar-refractivity contribution in [2.24, 2.45) is 0 Å². The molecule has 0 radical (unpaired) electrons. The maximum Gasteiger partial charge on any atom is 0.328 e. The van der Waals surface area contributed by atoms with Gasteiger partial charge in [-0.25, -0.2) is 4.79 Å². The Morgan fingerprint density at radius 3 is 3.12 bits per heavy atom. The number of pyridine rings is 1. The van der Waals surface area contributed by atoms with E-state index in [0.717, 1.165) is 43.7 Å². The number of nitrogens with zero attached hydrogens (tertiary/aromatic N) is 3. The molecule has 3 aliphatic rings. The number of ether oxygens (including phenoxy) is 1. The fourth-order valence-corrected chi connectivity index (χ4v) is 3.44. The highest BCUT2D eigenvalue weighted by molar-refractivity contribution is 5.77. The van der Waals surface area contributed by atoms with Gasteiger partial charge in [-0.1, -0.05) is 24.3 Å². The van der Waals surface area contributed by atoms with Gasteiger partial charge in [-0.3, -0.25) is 9.88 Å². The van der Waals surface area contributed by atoms with Crippen molar-refractivity contribution in [1.29, 1.82) is 0 Å². The molecule has 0 N–H and O–H groups in total. The fourth-order valence-electron chi connectivity index (χ4n) is 3.44. The monoisotopic (exact) mass is 335 g/mol. The Hall–Kier alpha value is -2.82. The van der Waals surface area contributed by atoms with Crippen LogP contribution in [0, 0.1) is 0 Å². The molecule has 0 spiro atoms. The van der Waals surface area contributed by atoms with E-state index in [9.17, 15) is 4.79 Å². The number of carbonyl (C=O) groups is 1. The topological polar surface area (TPSA) is 45.7 Å². The third-order valence-corrected chi connectivity index (χ3v) is 4.84. The van der Waals surface area contributed by atoms with Gasteiger partial charge in [-0.2, -0.15) is 0 Å². The largest absolute Gasteiger partial charge is 0.462 e. The third-order valence-electron chi connectivity index (χ3n) is 4.84. The molecule has 2 aliphatic heterocycles. The summed E-state index contributed by atoms with van der Waals surface area (Å²) in [6.45, 7) is 1.49. The van der Waals surface area contributed by atoms with Gasteiger partial charge in [-0.15, -0.1) is 0 Å². The summed E-state index contributed by atoms with van der Waals surface area (Å²) >= 11 is 0. The average Bonchev–Trinajstić information content (AvgIpc) is 3.19. The van der Waals surface area contributed by atoms with E-state index in [2.05, 4.69) is 17.1 Å². The van der Waals surface area contributed by atoms with Crippen LogP contribution in [-0.2, 0) is 4.74 Å². The van der Waals surface area contributed by atoms with Crippen LogP contribution in [0.15, 0.2) is 72.7 Å². The number of aromatic nitrogens is 1. The number of urea groups is 1. The first-order valence-electron chi connectivity index (χ1n) is 8.69. The lowest BCUT2D eigenvalue weighted by molar-refractivity contribution is 0.185. The lowest BCUT2D eigenvalue weighted by Gasteiger charge is -2.26. The number of hydrogen-bond donors (Lipinski definition) is 0. The van der Waals surface area contributed by atoms with E-state index in [-0.39, 0.29) is 6.03 Å². The zero-order valence-corrected chi connectivity index (χ0v) is 14.0. The van der Waals surface area contributed by atoms with Crippen LogP contribution in [0.2, 0.25) is 0 Å². The Bertz CT molecular complexity index is 764. The van der Waals surface area contributed by atoms with Crippen molar-refractivity contribution in [3.05, 3.63) is 78.3 Å². The number of allylic oxidation sites excluding steroid dienone is 4. The van der Waals surface area contributed by atoms with E-state index in [4.69, 9.17) is 4.74 Å². The molecular formula is C20H21N3O2. The van der Waals surface area contributed by atoms with E-state index in [1.54, 1.807) is 29.8 Å². The molecule has 2 amide bonds. The molecule has 1 fully saturated rings. The molecular weight excluding hydrogens is 314 g/mol. The van der Waals surface area contributed by atoms with E-state index < -0.39 is 0 Å². The Morgan fingerprint density at radius 1 is 1.36 bits per heavy atom. The van der Waals surface area contributed by atoms with Crippen LogP contribution in [0.25, 0.3) is 0 Å². The molecule has 25 heavy (non-hydrogen) atoms. The Balaban J connectivity index is 1.45. The van der Waals surface area contributed by atoms with Gasteiger partial charge in [-0.05, 0) is 36.5 Å². The van der Waals surface area contributed by atoms with Crippen LogP contribution >= 0.6 is 0 Å². The van der Waals surface area contributed by atoms with Crippen LogP contribution in [0.4, 0.5) is 4.79 Å². The summed E-state index contributed by atoms with van der Waals surface area (Å²) in [5, 5.41) is 0. The van der Waals surface area contributed by atoms with Gasteiger partial charge in [0.05, 0.1) is 6.20 Å². The third kappa shape index (κ3) is 3.36. The van der Waals surface area contributed by atoms with Crippen LogP contribution < -0.4 is 0 Å². The molecule has 128 valence electrons. The molecule has 1 aliphatic carbocycles. The van der Waals surface area contributed by atoms with Gasteiger partial charge in [0.15, 0.2) is 0 Å². The first-order chi connectivity index (χ1) is 12.3. The molecule has 1 atom stereocenters. The van der Waals surface area contributed by atoms with Crippen molar-refractivity contribution in [2.75, 3.05) is 13.1 Å². The summed E-state index contributed by atoms with van der Waals surface area (Å²) in [6.07, 6.45) is 17.9. The molecule has 4 rings (SSSR count). The lowest BCUT2D eigenvalue weighted by Crippen LogP contribution is -2.37. The Labute approximate surface area is 147 Å². The van der Waals surface area contributed by atoms with Crippen molar-refractivity contribution in [2.45, 2.75) is 25.2 Å². The molecule has 0 saturated carbocycles. The van der Waals surface area contributed by atoms with Gasteiger partial charge >= 0.3 is 6.03 Å². The normalized spacial score (nSPS) is 22.5. The minimum atomic E-state index is -0.00427. The zero-order valence-electron chi connectivity index (χ0n) is 14.0. The number of rotatable bonds is 2. The highest BCUT2D eigenvalue weighted by atomic mass is 16.5. The minimum absolute atomic E-state index is 0.00427. The molecule has 5 heteroatoms. The predicted octanol–water partition coefficient (Wildman–Crippen LogP) is 3.91. The molecule has 1 saturated heterocycles. The van der Waals surface area contributed by atoms with Crippen molar-refractivity contribution in [1.82, 2.24) is 14.8 Å². The van der Waals surface area contributed by atoms with Crippen LogP contribution in [0.3, 0.4) is 0 Å². The highest BCUT2D eigenvalue weighted by Crippen LogP contribution is 2.29. The Kier molecular flexibility index (Phi) is 4.37. The molecule has 1 aromatic heterocycles. The molecule has 3 heterocycles.